The maximum Gasteiger partial charge on any atom is 0.330 e. The van der Waals surface area contributed by atoms with E-state index < -0.39 is 4.92 Å². The number of methoxy groups -OCH3 is 1. The molecule has 2 rings (SSSR count). The second kappa shape index (κ2) is 6.31. The molecule has 0 radical (unpaired) electrons. The zero-order valence-electron chi connectivity index (χ0n) is 11.0. The monoisotopic (exact) mass is 355 g/mol. The van der Waals surface area contributed by atoms with Gasteiger partial charge in [0.15, 0.2) is 0 Å². The van der Waals surface area contributed by atoms with Crippen molar-refractivity contribution in [3.8, 4) is 17.8 Å². The number of hydrogen-bond donors (Lipinski definition) is 1. The first-order valence-corrected chi connectivity index (χ1v) is 6.43. The van der Waals surface area contributed by atoms with E-state index in [9.17, 15) is 10.1 Å². The van der Waals surface area contributed by atoms with E-state index in [2.05, 4.69) is 36.2 Å². The third-order valence-corrected chi connectivity index (χ3v) is 2.96. The van der Waals surface area contributed by atoms with Crippen LogP contribution < -0.4 is 14.8 Å². The van der Waals surface area contributed by atoms with Crippen LogP contribution >= 0.6 is 15.9 Å². The first kappa shape index (κ1) is 14.9. The molecule has 1 N–H and O–H groups in total. The number of ether oxygens (including phenoxy) is 2. The Morgan fingerprint density at radius 2 is 2.00 bits per heavy atom. The number of nitrogens with one attached hydrogen (secondary N) is 1. The summed E-state index contributed by atoms with van der Waals surface area (Å²) in [4.78, 5) is 22.2. The lowest BCUT2D eigenvalue weighted by Crippen LogP contribution is -2.04. The molecular weight excluding hydrogens is 346 g/mol. The lowest BCUT2D eigenvalue weighted by Gasteiger charge is -2.08. The van der Waals surface area contributed by atoms with Gasteiger partial charge in [0.2, 0.25) is 11.7 Å². The minimum absolute atomic E-state index is 0.00203. The number of nitro groups is 1. The molecule has 0 saturated heterocycles. The van der Waals surface area contributed by atoms with Crippen molar-refractivity contribution in [2.75, 3.05) is 19.5 Å². The molecule has 0 spiro atoms. The Hall–Kier alpha value is -2.49. The molecule has 9 nitrogen and oxygen atoms in total. The highest BCUT2D eigenvalue weighted by Crippen LogP contribution is 2.37. The average Bonchev–Trinajstić information content (AvgIpc) is 2.48. The molecule has 21 heavy (non-hydrogen) atoms. The molecule has 0 unspecified atom stereocenters. The van der Waals surface area contributed by atoms with Crippen LogP contribution in [-0.2, 0) is 0 Å². The van der Waals surface area contributed by atoms with Crippen LogP contribution in [0.5, 0.6) is 17.8 Å². The van der Waals surface area contributed by atoms with E-state index in [1.165, 1.54) is 19.2 Å². The van der Waals surface area contributed by atoms with Gasteiger partial charge in [0.1, 0.15) is 0 Å². The van der Waals surface area contributed by atoms with Crippen molar-refractivity contribution in [3.63, 3.8) is 0 Å². The van der Waals surface area contributed by atoms with Crippen LogP contribution in [0.25, 0.3) is 0 Å². The van der Waals surface area contributed by atoms with Gasteiger partial charge >= 0.3 is 17.7 Å². The molecule has 1 aromatic carbocycles. The van der Waals surface area contributed by atoms with Crippen molar-refractivity contribution in [2.45, 2.75) is 0 Å². The second-order valence-electron chi connectivity index (χ2n) is 3.63. The summed E-state index contributed by atoms with van der Waals surface area (Å²) < 4.78 is 10.7. The van der Waals surface area contributed by atoms with Gasteiger partial charge in [-0.1, -0.05) is 6.07 Å². The van der Waals surface area contributed by atoms with Crippen LogP contribution in [0.3, 0.4) is 0 Å². The van der Waals surface area contributed by atoms with Crippen LogP contribution in [-0.4, -0.2) is 34.0 Å². The van der Waals surface area contributed by atoms with E-state index in [0.717, 1.165) is 0 Å². The number of nitrogens with zero attached hydrogens (tertiary/aromatic N) is 4. The largest absolute Gasteiger partial charge is 0.467 e. The molecule has 0 aliphatic carbocycles. The van der Waals surface area contributed by atoms with Crippen molar-refractivity contribution < 1.29 is 14.4 Å². The lowest BCUT2D eigenvalue weighted by atomic mass is 10.3. The number of nitro benzene ring substituents is 1. The molecule has 0 aliphatic rings. The van der Waals surface area contributed by atoms with Crippen LogP contribution in [0.1, 0.15) is 0 Å². The fraction of sp³-hybridized carbons (Fsp3) is 0.182. The van der Waals surface area contributed by atoms with Gasteiger partial charge in [-0.25, -0.2) is 0 Å². The zero-order valence-corrected chi connectivity index (χ0v) is 12.6. The summed E-state index contributed by atoms with van der Waals surface area (Å²) in [7, 11) is 3.00. The van der Waals surface area contributed by atoms with E-state index in [4.69, 9.17) is 9.47 Å². The topological polar surface area (TPSA) is 112 Å². The highest BCUT2D eigenvalue weighted by molar-refractivity contribution is 9.10. The molecule has 110 valence electrons. The molecule has 0 atom stereocenters. The minimum Gasteiger partial charge on any atom is -0.467 e. The summed E-state index contributed by atoms with van der Waals surface area (Å²) >= 11 is 3.20. The van der Waals surface area contributed by atoms with Gasteiger partial charge in [0, 0.05) is 13.1 Å². The van der Waals surface area contributed by atoms with Gasteiger partial charge in [0.05, 0.1) is 16.5 Å². The molecule has 1 heterocycles. The van der Waals surface area contributed by atoms with Crippen molar-refractivity contribution >= 4 is 27.6 Å². The molecular formula is C11H10BrN5O4. The quantitative estimate of drug-likeness (QED) is 0.642. The maximum absolute atomic E-state index is 11.0. The Morgan fingerprint density at radius 1 is 1.29 bits per heavy atom. The fourth-order valence-electron chi connectivity index (χ4n) is 1.42. The summed E-state index contributed by atoms with van der Waals surface area (Å²) in [6.07, 6.45) is 0. The maximum atomic E-state index is 11.0. The van der Waals surface area contributed by atoms with Crippen molar-refractivity contribution in [1.82, 2.24) is 15.0 Å². The number of halogens is 1. The smallest absolute Gasteiger partial charge is 0.330 e. The van der Waals surface area contributed by atoms with Gasteiger partial charge in [-0.3, -0.25) is 10.1 Å². The number of hydrogen-bond acceptors (Lipinski definition) is 8. The van der Waals surface area contributed by atoms with Crippen LogP contribution in [0.2, 0.25) is 0 Å². The first-order valence-electron chi connectivity index (χ1n) is 5.63. The SMILES string of the molecule is CNc1nc(OC)nc(Oc2c(Br)cccc2[N+](=O)[O-])n1. The van der Waals surface area contributed by atoms with Gasteiger partial charge in [-0.05, 0) is 22.0 Å². The van der Waals surface area contributed by atoms with E-state index in [1.54, 1.807) is 13.1 Å². The number of anilines is 1. The Balaban J connectivity index is 2.45. The summed E-state index contributed by atoms with van der Waals surface area (Å²) in [5.41, 5.74) is -0.213. The predicted octanol–water partition coefficient (Wildman–Crippen LogP) is 2.38. The first-order chi connectivity index (χ1) is 10.0. The minimum atomic E-state index is -0.558. The van der Waals surface area contributed by atoms with E-state index in [-0.39, 0.29) is 29.4 Å². The Labute approximate surface area is 127 Å². The Bertz CT molecular complexity index is 659. The molecule has 0 amide bonds. The second-order valence-corrected chi connectivity index (χ2v) is 4.48. The van der Waals surface area contributed by atoms with Crippen molar-refractivity contribution in [3.05, 3.63) is 32.8 Å². The predicted molar refractivity (Wildman–Crippen MR) is 76.8 cm³/mol. The van der Waals surface area contributed by atoms with Gasteiger partial charge in [0.25, 0.3) is 0 Å². The van der Waals surface area contributed by atoms with E-state index >= 15 is 0 Å². The van der Waals surface area contributed by atoms with Crippen LogP contribution in [0.4, 0.5) is 11.6 Å². The zero-order chi connectivity index (χ0) is 15.4. The number of benzene rings is 1. The summed E-state index contributed by atoms with van der Waals surface area (Å²) in [6, 6.07) is 4.36. The summed E-state index contributed by atoms with van der Waals surface area (Å²) in [5, 5.41) is 13.7. The fourth-order valence-corrected chi connectivity index (χ4v) is 1.86. The average molecular weight is 356 g/mol. The number of para-hydroxylation sites is 1. The normalized spacial score (nSPS) is 10.0. The molecule has 0 saturated carbocycles. The van der Waals surface area contributed by atoms with E-state index in [1.807, 2.05) is 0 Å². The molecule has 10 heteroatoms. The molecule has 0 fully saturated rings. The van der Waals surface area contributed by atoms with Crippen molar-refractivity contribution in [2.24, 2.45) is 0 Å². The molecule has 1 aromatic heterocycles. The van der Waals surface area contributed by atoms with Gasteiger partial charge < -0.3 is 14.8 Å². The van der Waals surface area contributed by atoms with E-state index in [0.29, 0.717) is 4.47 Å². The van der Waals surface area contributed by atoms with Crippen molar-refractivity contribution in [1.29, 1.82) is 0 Å². The third kappa shape index (κ3) is 3.34. The molecule has 2 aromatic rings. The van der Waals surface area contributed by atoms with Crippen LogP contribution in [0, 0.1) is 10.1 Å². The Kier molecular flexibility index (Phi) is 4.48. The summed E-state index contributed by atoms with van der Waals surface area (Å²) in [6.45, 7) is 0. The standard InChI is InChI=1S/C11H10BrN5O4/c1-13-9-14-10(20-2)16-11(15-9)21-8-6(12)4-3-5-7(8)17(18)19/h3-5H,1-2H3,(H,13,14,15,16). The number of rotatable bonds is 5. The van der Waals surface area contributed by atoms with Gasteiger partial charge in [-0.15, -0.1) is 4.98 Å². The van der Waals surface area contributed by atoms with Crippen LogP contribution in [0.15, 0.2) is 22.7 Å². The molecule has 0 aliphatic heterocycles. The summed E-state index contributed by atoms with van der Waals surface area (Å²) in [5.74, 6) is 0.212. The Morgan fingerprint density at radius 3 is 2.62 bits per heavy atom. The molecule has 0 bridgehead atoms. The lowest BCUT2D eigenvalue weighted by molar-refractivity contribution is -0.385. The highest BCUT2D eigenvalue weighted by Gasteiger charge is 2.20. The highest BCUT2D eigenvalue weighted by atomic mass is 79.9. The number of aromatic nitrogens is 3. The van der Waals surface area contributed by atoms with Gasteiger partial charge in [-0.2, -0.15) is 9.97 Å². The third-order valence-electron chi connectivity index (χ3n) is 2.34.